The maximum Gasteiger partial charge on any atom is 0.307 e. The first-order valence-electron chi connectivity index (χ1n) is 5.98. The highest BCUT2D eigenvalue weighted by molar-refractivity contribution is 5.69. The second-order valence-corrected chi connectivity index (χ2v) is 4.38. The molecule has 0 aliphatic carbocycles. The third-order valence-corrected chi connectivity index (χ3v) is 2.96. The molecule has 1 unspecified atom stereocenters. The number of rotatable bonds is 6. The van der Waals surface area contributed by atoms with Gasteiger partial charge in [0.2, 0.25) is 0 Å². The lowest BCUT2D eigenvalue weighted by Crippen LogP contribution is -2.28. The van der Waals surface area contributed by atoms with Crippen molar-refractivity contribution < 1.29 is 14.5 Å². The van der Waals surface area contributed by atoms with Crippen LogP contribution < -0.4 is 5.32 Å². The summed E-state index contributed by atoms with van der Waals surface area (Å²) in [6.45, 7) is 4.06. The number of nitro benzene ring substituents is 1. The number of hydrogen-bond donors (Lipinski definition) is 1. The second-order valence-electron chi connectivity index (χ2n) is 4.38. The van der Waals surface area contributed by atoms with Gasteiger partial charge in [-0.3, -0.25) is 14.9 Å². The monoisotopic (exact) mass is 266 g/mol. The van der Waals surface area contributed by atoms with Crippen LogP contribution in [-0.2, 0) is 16.1 Å². The SMILES string of the molecule is COC(=O)CC(C)NCc1cccc([N+](=O)[O-])c1C. The molecule has 0 bridgehead atoms. The van der Waals surface area contributed by atoms with E-state index in [9.17, 15) is 14.9 Å². The van der Waals surface area contributed by atoms with Crippen molar-refractivity contribution in [2.45, 2.75) is 32.9 Å². The number of benzene rings is 1. The Kier molecular flexibility index (Phi) is 5.44. The van der Waals surface area contributed by atoms with Gasteiger partial charge in [0.15, 0.2) is 0 Å². The third-order valence-electron chi connectivity index (χ3n) is 2.96. The number of ether oxygens (including phenoxy) is 1. The lowest BCUT2D eigenvalue weighted by atomic mass is 10.1. The van der Waals surface area contributed by atoms with Crippen LogP contribution in [0.2, 0.25) is 0 Å². The van der Waals surface area contributed by atoms with Crippen molar-refractivity contribution in [2.75, 3.05) is 7.11 Å². The highest BCUT2D eigenvalue weighted by Crippen LogP contribution is 2.20. The van der Waals surface area contributed by atoms with E-state index in [1.165, 1.54) is 13.2 Å². The zero-order valence-corrected chi connectivity index (χ0v) is 11.3. The molecule has 0 radical (unpaired) electrons. The average molecular weight is 266 g/mol. The molecule has 6 nitrogen and oxygen atoms in total. The fourth-order valence-electron chi connectivity index (χ4n) is 1.75. The first-order chi connectivity index (χ1) is 8.95. The summed E-state index contributed by atoms with van der Waals surface area (Å²) in [6.07, 6.45) is 0.268. The molecule has 0 spiro atoms. The number of methoxy groups -OCH3 is 1. The molecule has 0 aromatic heterocycles. The molecule has 104 valence electrons. The Balaban J connectivity index is 2.65. The highest BCUT2D eigenvalue weighted by atomic mass is 16.6. The molecule has 1 aromatic carbocycles. The largest absolute Gasteiger partial charge is 0.469 e. The Morgan fingerprint density at radius 3 is 2.79 bits per heavy atom. The number of nitro groups is 1. The van der Waals surface area contributed by atoms with E-state index in [1.807, 2.05) is 13.0 Å². The predicted octanol–water partition coefficient (Wildman–Crippen LogP) is 1.94. The quantitative estimate of drug-likeness (QED) is 0.483. The number of carbonyl (C=O) groups is 1. The normalized spacial score (nSPS) is 11.9. The van der Waals surface area contributed by atoms with Crippen LogP contribution in [0, 0.1) is 17.0 Å². The smallest absolute Gasteiger partial charge is 0.307 e. The molecule has 1 atom stereocenters. The molecule has 0 saturated carbocycles. The van der Waals surface area contributed by atoms with Crippen molar-refractivity contribution in [1.29, 1.82) is 0 Å². The molecule has 0 aliphatic rings. The number of nitrogens with zero attached hydrogens (tertiary/aromatic N) is 1. The van der Waals surface area contributed by atoms with Gasteiger partial charge in [0, 0.05) is 24.2 Å². The maximum atomic E-state index is 11.1. The minimum atomic E-state index is -0.392. The third kappa shape index (κ3) is 4.33. The van der Waals surface area contributed by atoms with Gasteiger partial charge in [-0.05, 0) is 19.4 Å². The van der Waals surface area contributed by atoms with E-state index in [1.54, 1.807) is 13.0 Å². The summed E-state index contributed by atoms with van der Waals surface area (Å²) in [4.78, 5) is 21.5. The van der Waals surface area contributed by atoms with Crippen LogP contribution in [-0.4, -0.2) is 24.0 Å². The van der Waals surface area contributed by atoms with Crippen LogP contribution in [0.1, 0.15) is 24.5 Å². The highest BCUT2D eigenvalue weighted by Gasteiger charge is 2.14. The van der Waals surface area contributed by atoms with Crippen molar-refractivity contribution in [2.24, 2.45) is 0 Å². The number of hydrogen-bond acceptors (Lipinski definition) is 5. The fraction of sp³-hybridized carbons (Fsp3) is 0.462. The molecule has 0 heterocycles. The summed E-state index contributed by atoms with van der Waals surface area (Å²) >= 11 is 0. The van der Waals surface area contributed by atoms with E-state index in [-0.39, 0.29) is 24.1 Å². The number of esters is 1. The zero-order valence-electron chi connectivity index (χ0n) is 11.3. The van der Waals surface area contributed by atoms with Crippen LogP contribution in [0.15, 0.2) is 18.2 Å². The lowest BCUT2D eigenvalue weighted by Gasteiger charge is -2.13. The molecule has 6 heteroatoms. The van der Waals surface area contributed by atoms with E-state index in [2.05, 4.69) is 10.1 Å². The Morgan fingerprint density at radius 1 is 1.53 bits per heavy atom. The summed E-state index contributed by atoms with van der Waals surface area (Å²) in [5.41, 5.74) is 1.61. The van der Waals surface area contributed by atoms with Crippen molar-refractivity contribution in [3.8, 4) is 0 Å². The summed E-state index contributed by atoms with van der Waals surface area (Å²) in [6, 6.07) is 4.93. The van der Waals surface area contributed by atoms with Gasteiger partial charge in [-0.2, -0.15) is 0 Å². The van der Waals surface area contributed by atoms with E-state index >= 15 is 0 Å². The topological polar surface area (TPSA) is 81.5 Å². The molecule has 0 saturated heterocycles. The van der Waals surface area contributed by atoms with Gasteiger partial charge in [-0.1, -0.05) is 12.1 Å². The van der Waals surface area contributed by atoms with Gasteiger partial charge < -0.3 is 10.1 Å². The minimum Gasteiger partial charge on any atom is -0.469 e. The minimum absolute atomic E-state index is 0.0499. The van der Waals surface area contributed by atoms with Gasteiger partial charge in [-0.15, -0.1) is 0 Å². The second kappa shape index (κ2) is 6.84. The van der Waals surface area contributed by atoms with Crippen molar-refractivity contribution in [3.05, 3.63) is 39.4 Å². The molecule has 1 aromatic rings. The molecule has 19 heavy (non-hydrogen) atoms. The molecule has 0 fully saturated rings. The lowest BCUT2D eigenvalue weighted by molar-refractivity contribution is -0.385. The average Bonchev–Trinajstić information content (AvgIpc) is 2.37. The molecule has 1 N–H and O–H groups in total. The number of carbonyl (C=O) groups excluding carboxylic acids is 1. The molecule has 1 rings (SSSR count). The summed E-state index contributed by atoms with van der Waals surface area (Å²) in [5, 5.41) is 14.0. The molecule has 0 amide bonds. The van der Waals surface area contributed by atoms with Gasteiger partial charge in [0.25, 0.3) is 5.69 Å². The van der Waals surface area contributed by atoms with Crippen LogP contribution >= 0.6 is 0 Å². The number of nitrogens with one attached hydrogen (secondary N) is 1. The predicted molar refractivity (Wildman–Crippen MR) is 70.8 cm³/mol. The summed E-state index contributed by atoms with van der Waals surface area (Å²) in [5.74, 6) is -0.282. The molecular weight excluding hydrogens is 248 g/mol. The van der Waals surface area contributed by atoms with Gasteiger partial charge in [0.1, 0.15) is 0 Å². The summed E-state index contributed by atoms with van der Waals surface area (Å²) in [7, 11) is 1.35. The van der Waals surface area contributed by atoms with Crippen molar-refractivity contribution in [3.63, 3.8) is 0 Å². The van der Waals surface area contributed by atoms with E-state index in [4.69, 9.17) is 0 Å². The Labute approximate surface area is 111 Å². The Bertz CT molecular complexity index is 474. The van der Waals surface area contributed by atoms with Gasteiger partial charge >= 0.3 is 5.97 Å². The van der Waals surface area contributed by atoms with Crippen LogP contribution in [0.4, 0.5) is 5.69 Å². The summed E-state index contributed by atoms with van der Waals surface area (Å²) < 4.78 is 4.58. The van der Waals surface area contributed by atoms with Crippen LogP contribution in [0.25, 0.3) is 0 Å². The van der Waals surface area contributed by atoms with E-state index < -0.39 is 4.92 Å². The van der Waals surface area contributed by atoms with Gasteiger partial charge in [-0.25, -0.2) is 0 Å². The van der Waals surface area contributed by atoms with Crippen molar-refractivity contribution in [1.82, 2.24) is 5.32 Å². The maximum absolute atomic E-state index is 11.1. The van der Waals surface area contributed by atoms with Crippen LogP contribution in [0.5, 0.6) is 0 Å². The first-order valence-corrected chi connectivity index (χ1v) is 5.98. The molecule has 0 aliphatic heterocycles. The van der Waals surface area contributed by atoms with Crippen LogP contribution in [0.3, 0.4) is 0 Å². The van der Waals surface area contributed by atoms with E-state index in [0.29, 0.717) is 12.1 Å². The van der Waals surface area contributed by atoms with Gasteiger partial charge in [0.05, 0.1) is 18.5 Å². The standard InChI is InChI=1S/C13H18N2O4/c1-9(7-13(16)19-3)14-8-11-5-4-6-12(10(11)2)15(17)18/h4-6,9,14H,7-8H2,1-3H3. The van der Waals surface area contributed by atoms with E-state index in [0.717, 1.165) is 5.56 Å². The zero-order chi connectivity index (χ0) is 14.4. The first kappa shape index (κ1) is 15.1. The fourth-order valence-corrected chi connectivity index (χ4v) is 1.75. The Hall–Kier alpha value is -1.95. The van der Waals surface area contributed by atoms with Crippen molar-refractivity contribution >= 4 is 11.7 Å². The molecular formula is C13H18N2O4. The Morgan fingerprint density at radius 2 is 2.21 bits per heavy atom.